The van der Waals surface area contributed by atoms with Gasteiger partial charge in [-0.15, -0.1) is 0 Å². The number of nitrogens with zero attached hydrogens (tertiary/aromatic N) is 2. The normalized spacial score (nSPS) is 17.0. The molecule has 11 heteroatoms. The first-order valence-corrected chi connectivity index (χ1v) is 16.1. The topological polar surface area (TPSA) is 100 Å². The van der Waals surface area contributed by atoms with Crippen molar-refractivity contribution in [1.82, 2.24) is 9.80 Å². The van der Waals surface area contributed by atoms with Gasteiger partial charge in [-0.25, -0.2) is 17.6 Å². The van der Waals surface area contributed by atoms with Crippen LogP contribution in [0.5, 0.6) is 11.5 Å². The summed E-state index contributed by atoms with van der Waals surface area (Å²) in [5.41, 5.74) is 2.24. The second-order valence-electron chi connectivity index (χ2n) is 10.8. The lowest BCUT2D eigenvalue weighted by Gasteiger charge is -2.43. The largest absolute Gasteiger partial charge is 0.457 e. The van der Waals surface area contributed by atoms with Gasteiger partial charge in [0.1, 0.15) is 17.3 Å². The number of benzene rings is 3. The summed E-state index contributed by atoms with van der Waals surface area (Å²) in [6, 6.07) is 20.7. The van der Waals surface area contributed by atoms with Crippen LogP contribution in [-0.2, 0) is 21.3 Å². The molecule has 0 unspecified atom stereocenters. The summed E-state index contributed by atoms with van der Waals surface area (Å²) in [5.74, 6) is 0.974. The lowest BCUT2D eigenvalue weighted by molar-refractivity contribution is 0.0233. The van der Waals surface area contributed by atoms with E-state index in [0.717, 1.165) is 51.6 Å². The van der Waals surface area contributed by atoms with Crippen LogP contribution in [0.25, 0.3) is 0 Å². The van der Waals surface area contributed by atoms with E-state index in [1.165, 1.54) is 17.7 Å². The van der Waals surface area contributed by atoms with Crippen LogP contribution < -0.4 is 14.8 Å². The molecule has 9 nitrogen and oxygen atoms in total. The van der Waals surface area contributed by atoms with Crippen LogP contribution in [0.15, 0.2) is 72.8 Å². The van der Waals surface area contributed by atoms with E-state index < -0.39 is 10.0 Å². The van der Waals surface area contributed by atoms with Crippen molar-refractivity contribution < 1.29 is 27.1 Å². The van der Waals surface area contributed by atoms with Crippen molar-refractivity contribution in [3.63, 3.8) is 0 Å². The molecule has 0 aliphatic carbocycles. The number of carbonyl (C=O) groups excluding carboxylic acids is 1. The summed E-state index contributed by atoms with van der Waals surface area (Å²) in [4.78, 5) is 17.8. The highest BCUT2D eigenvalue weighted by atomic mass is 32.2. The molecule has 3 aromatic rings. The molecule has 2 amide bonds. The number of halogens is 1. The zero-order chi connectivity index (χ0) is 29.5. The highest BCUT2D eigenvalue weighted by Gasteiger charge is 2.34. The Kier molecular flexibility index (Phi) is 9.61. The fraction of sp³-hybridized carbons (Fsp3) is 0.387. The van der Waals surface area contributed by atoms with Crippen molar-refractivity contribution in [2.75, 3.05) is 42.6 Å². The molecular formula is C31H37FN4O5S. The highest BCUT2D eigenvalue weighted by Crippen LogP contribution is 2.27. The zero-order valence-corrected chi connectivity index (χ0v) is 24.5. The molecule has 0 saturated carbocycles. The number of anilines is 2. The number of rotatable bonds is 9. The first-order chi connectivity index (χ1) is 20.2. The average molecular weight is 597 g/mol. The lowest BCUT2D eigenvalue weighted by atomic mass is 9.98. The van der Waals surface area contributed by atoms with E-state index in [9.17, 15) is 17.6 Å². The van der Waals surface area contributed by atoms with Crippen molar-refractivity contribution in [2.24, 2.45) is 0 Å². The second kappa shape index (κ2) is 13.5. The summed E-state index contributed by atoms with van der Waals surface area (Å²) in [6.45, 7) is 3.85. The van der Waals surface area contributed by atoms with E-state index in [2.05, 4.69) is 14.9 Å². The van der Waals surface area contributed by atoms with E-state index in [0.29, 0.717) is 36.1 Å². The minimum absolute atomic E-state index is 0.121. The maximum absolute atomic E-state index is 13.4. The number of sulfonamides is 1. The fourth-order valence-corrected chi connectivity index (χ4v) is 6.10. The fourth-order valence-electron chi connectivity index (χ4n) is 5.53. The summed E-state index contributed by atoms with van der Waals surface area (Å²) in [6.07, 6.45) is 4.49. The third-order valence-electron chi connectivity index (χ3n) is 7.59. The molecule has 2 aliphatic rings. The van der Waals surface area contributed by atoms with Gasteiger partial charge in [-0.3, -0.25) is 9.62 Å². The Balaban J connectivity index is 1.14. The number of likely N-dealkylation sites (tertiary alicyclic amines) is 1. The Morgan fingerprint density at radius 1 is 0.881 bits per heavy atom. The van der Waals surface area contributed by atoms with Crippen LogP contribution in [0.3, 0.4) is 0 Å². The Bertz CT molecular complexity index is 1420. The SMILES string of the molecule is CS(=O)(=O)Nc1ccc(Oc2ccc(CN3CCC(N(C(=O)Nc4ccc(F)cc4)C4CCOCC4)CC3)cc2)cc1. The van der Waals surface area contributed by atoms with E-state index >= 15 is 0 Å². The van der Waals surface area contributed by atoms with Gasteiger partial charge in [-0.1, -0.05) is 12.1 Å². The molecule has 0 aromatic heterocycles. The Labute approximate surface area is 246 Å². The van der Waals surface area contributed by atoms with Gasteiger partial charge in [0.15, 0.2) is 0 Å². The van der Waals surface area contributed by atoms with Crippen LogP contribution in [0.1, 0.15) is 31.2 Å². The zero-order valence-electron chi connectivity index (χ0n) is 23.7. The van der Waals surface area contributed by atoms with Crippen molar-refractivity contribution in [3.8, 4) is 11.5 Å². The van der Waals surface area contributed by atoms with Gasteiger partial charge in [0, 0.05) is 56.3 Å². The van der Waals surface area contributed by atoms with E-state index in [1.54, 1.807) is 36.4 Å². The Morgan fingerprint density at radius 3 is 2.02 bits per heavy atom. The number of urea groups is 1. The van der Waals surface area contributed by atoms with Crippen LogP contribution in [-0.4, -0.2) is 68.9 Å². The van der Waals surface area contributed by atoms with Crippen LogP contribution in [0, 0.1) is 5.82 Å². The Hall–Kier alpha value is -3.67. The molecule has 2 heterocycles. The third kappa shape index (κ3) is 8.43. The predicted octanol–water partition coefficient (Wildman–Crippen LogP) is 5.67. The molecule has 3 aromatic carbocycles. The quantitative estimate of drug-likeness (QED) is 0.330. The third-order valence-corrected chi connectivity index (χ3v) is 8.19. The van der Waals surface area contributed by atoms with Crippen LogP contribution in [0.4, 0.5) is 20.6 Å². The van der Waals surface area contributed by atoms with Gasteiger partial charge in [-0.2, -0.15) is 0 Å². The second-order valence-corrected chi connectivity index (χ2v) is 12.6. The molecule has 2 saturated heterocycles. The summed E-state index contributed by atoms with van der Waals surface area (Å²) in [7, 11) is -3.33. The van der Waals surface area contributed by atoms with Gasteiger partial charge >= 0.3 is 6.03 Å². The maximum atomic E-state index is 13.4. The number of piperidine rings is 1. The van der Waals surface area contributed by atoms with Gasteiger partial charge < -0.3 is 19.7 Å². The number of hydrogen-bond donors (Lipinski definition) is 2. The number of carbonyl (C=O) groups is 1. The summed E-state index contributed by atoms with van der Waals surface area (Å²) >= 11 is 0. The molecule has 2 N–H and O–H groups in total. The molecule has 0 bridgehead atoms. The molecule has 0 radical (unpaired) electrons. The summed E-state index contributed by atoms with van der Waals surface area (Å²) in [5, 5.41) is 2.98. The van der Waals surface area contributed by atoms with Gasteiger partial charge in [0.25, 0.3) is 0 Å². The first kappa shape index (κ1) is 29.8. The number of hydrogen-bond acceptors (Lipinski definition) is 6. The van der Waals surface area contributed by atoms with Crippen LogP contribution >= 0.6 is 0 Å². The van der Waals surface area contributed by atoms with E-state index in [4.69, 9.17) is 9.47 Å². The van der Waals surface area contributed by atoms with Gasteiger partial charge in [0.05, 0.1) is 6.26 Å². The molecule has 224 valence electrons. The number of amides is 2. The average Bonchev–Trinajstić information content (AvgIpc) is 2.97. The molecular weight excluding hydrogens is 559 g/mol. The minimum Gasteiger partial charge on any atom is -0.457 e. The first-order valence-electron chi connectivity index (χ1n) is 14.2. The monoisotopic (exact) mass is 596 g/mol. The maximum Gasteiger partial charge on any atom is 0.322 e. The van der Waals surface area contributed by atoms with Crippen molar-refractivity contribution in [1.29, 1.82) is 0 Å². The molecule has 42 heavy (non-hydrogen) atoms. The standard InChI is InChI=1S/C31H37FN4O5S/c1-42(38,39)34-26-8-12-30(13-9-26)41-29-10-2-23(3-11-29)22-35-18-14-27(15-19-35)36(28-16-20-40-21-17-28)31(37)33-25-6-4-24(32)5-7-25/h2-13,27-28,34H,14-22H2,1H3,(H,33,37). The van der Waals surface area contributed by atoms with Crippen LogP contribution in [0.2, 0.25) is 0 Å². The lowest BCUT2D eigenvalue weighted by Crippen LogP contribution is -2.54. The minimum atomic E-state index is -3.33. The van der Waals surface area contributed by atoms with Crippen molar-refractivity contribution in [3.05, 3.63) is 84.2 Å². The smallest absolute Gasteiger partial charge is 0.322 e. The summed E-state index contributed by atoms with van der Waals surface area (Å²) < 4.78 is 50.0. The molecule has 2 aliphatic heterocycles. The molecule has 2 fully saturated rings. The predicted molar refractivity (Wildman–Crippen MR) is 161 cm³/mol. The van der Waals surface area contributed by atoms with Crippen molar-refractivity contribution in [2.45, 2.75) is 44.3 Å². The highest BCUT2D eigenvalue weighted by molar-refractivity contribution is 7.92. The van der Waals surface area contributed by atoms with E-state index in [1.807, 2.05) is 29.2 Å². The number of ether oxygens (including phenoxy) is 2. The molecule has 0 atom stereocenters. The van der Waals surface area contributed by atoms with Gasteiger partial charge in [-0.05, 0) is 91.9 Å². The molecule has 5 rings (SSSR count). The number of nitrogens with one attached hydrogen (secondary N) is 2. The Morgan fingerprint density at radius 2 is 1.43 bits per heavy atom. The van der Waals surface area contributed by atoms with Gasteiger partial charge in [0.2, 0.25) is 10.0 Å². The van der Waals surface area contributed by atoms with Crippen molar-refractivity contribution >= 4 is 27.4 Å². The molecule has 0 spiro atoms. The van der Waals surface area contributed by atoms with E-state index in [-0.39, 0.29) is 23.9 Å².